The first-order valence-corrected chi connectivity index (χ1v) is 5.89. The highest BCUT2D eigenvalue weighted by molar-refractivity contribution is 5.94. The standard InChI is InChI=1S/C15H19NO/c1-5-7-16(8-6-2)15(17)14-10-12(3)9-13(4)11-14/h1,9-11H,6-8H2,2-4H3. The second kappa shape index (κ2) is 6.10. The molecule has 1 aromatic carbocycles. The molecule has 2 heteroatoms. The number of carbonyl (C=O) groups excluding carboxylic acids is 1. The summed E-state index contributed by atoms with van der Waals surface area (Å²) >= 11 is 0. The molecule has 0 heterocycles. The predicted octanol–water partition coefficient (Wildman–Crippen LogP) is 2.79. The highest BCUT2D eigenvalue weighted by Crippen LogP contribution is 2.11. The number of nitrogens with zero attached hydrogens (tertiary/aromatic N) is 1. The lowest BCUT2D eigenvalue weighted by Crippen LogP contribution is -2.32. The van der Waals surface area contributed by atoms with E-state index in [1.165, 1.54) is 0 Å². The van der Waals surface area contributed by atoms with E-state index in [2.05, 4.69) is 12.0 Å². The Labute approximate surface area is 104 Å². The fourth-order valence-corrected chi connectivity index (χ4v) is 1.91. The van der Waals surface area contributed by atoms with E-state index in [1.54, 1.807) is 4.90 Å². The summed E-state index contributed by atoms with van der Waals surface area (Å²) in [5, 5.41) is 0. The molecule has 1 rings (SSSR count). The first kappa shape index (κ1) is 13.3. The molecule has 0 aliphatic carbocycles. The molecule has 0 aromatic heterocycles. The van der Waals surface area contributed by atoms with Crippen LogP contribution >= 0.6 is 0 Å². The van der Waals surface area contributed by atoms with Gasteiger partial charge in [0.1, 0.15) is 0 Å². The van der Waals surface area contributed by atoms with Gasteiger partial charge in [0.05, 0.1) is 6.54 Å². The Bertz CT molecular complexity index is 422. The largest absolute Gasteiger partial charge is 0.328 e. The first-order valence-electron chi connectivity index (χ1n) is 5.89. The third-order valence-corrected chi connectivity index (χ3v) is 2.53. The lowest BCUT2D eigenvalue weighted by Gasteiger charge is -2.19. The van der Waals surface area contributed by atoms with Crippen molar-refractivity contribution < 1.29 is 4.79 Å². The van der Waals surface area contributed by atoms with Crippen molar-refractivity contribution in [2.24, 2.45) is 0 Å². The molecule has 0 aliphatic rings. The Balaban J connectivity index is 2.96. The minimum absolute atomic E-state index is 0.0246. The van der Waals surface area contributed by atoms with Gasteiger partial charge >= 0.3 is 0 Å². The molecule has 2 nitrogen and oxygen atoms in total. The van der Waals surface area contributed by atoms with E-state index in [0.717, 1.165) is 23.1 Å². The summed E-state index contributed by atoms with van der Waals surface area (Å²) in [6.45, 7) is 7.11. The minimum Gasteiger partial charge on any atom is -0.328 e. The fraction of sp³-hybridized carbons (Fsp3) is 0.400. The van der Waals surface area contributed by atoms with Crippen LogP contribution in [0.3, 0.4) is 0 Å². The minimum atomic E-state index is 0.0246. The van der Waals surface area contributed by atoms with Gasteiger partial charge in [-0.1, -0.05) is 30.0 Å². The van der Waals surface area contributed by atoms with Gasteiger partial charge in [-0.25, -0.2) is 0 Å². The number of aryl methyl sites for hydroxylation is 2. The molecule has 0 radical (unpaired) electrons. The summed E-state index contributed by atoms with van der Waals surface area (Å²) in [6.07, 6.45) is 6.21. The Morgan fingerprint density at radius 2 is 1.88 bits per heavy atom. The van der Waals surface area contributed by atoms with Gasteiger partial charge in [-0.05, 0) is 32.4 Å². The highest BCUT2D eigenvalue weighted by Gasteiger charge is 2.14. The van der Waals surface area contributed by atoms with Crippen LogP contribution in [0.25, 0.3) is 0 Å². The topological polar surface area (TPSA) is 20.3 Å². The number of hydrogen-bond donors (Lipinski definition) is 0. The molecule has 17 heavy (non-hydrogen) atoms. The van der Waals surface area contributed by atoms with Crippen LogP contribution in [-0.2, 0) is 0 Å². The van der Waals surface area contributed by atoms with Gasteiger partial charge in [0.2, 0.25) is 0 Å². The summed E-state index contributed by atoms with van der Waals surface area (Å²) in [5.74, 6) is 2.56. The average Bonchev–Trinajstić information content (AvgIpc) is 2.26. The van der Waals surface area contributed by atoms with E-state index in [-0.39, 0.29) is 5.91 Å². The Hall–Kier alpha value is -1.75. The van der Waals surface area contributed by atoms with Crippen LogP contribution < -0.4 is 0 Å². The maximum Gasteiger partial charge on any atom is 0.254 e. The van der Waals surface area contributed by atoms with Gasteiger partial charge < -0.3 is 4.90 Å². The average molecular weight is 229 g/mol. The van der Waals surface area contributed by atoms with Crippen molar-refractivity contribution in [2.75, 3.05) is 13.1 Å². The van der Waals surface area contributed by atoms with Crippen molar-refractivity contribution in [3.05, 3.63) is 34.9 Å². The van der Waals surface area contributed by atoms with E-state index < -0.39 is 0 Å². The number of rotatable bonds is 4. The van der Waals surface area contributed by atoms with Crippen molar-refractivity contribution in [1.29, 1.82) is 0 Å². The van der Waals surface area contributed by atoms with Crippen LogP contribution in [0.15, 0.2) is 18.2 Å². The first-order chi connectivity index (χ1) is 8.08. The van der Waals surface area contributed by atoms with E-state index in [1.807, 2.05) is 32.9 Å². The molecule has 0 N–H and O–H groups in total. The SMILES string of the molecule is C#CCN(CCC)C(=O)c1cc(C)cc(C)c1. The normalized spacial score (nSPS) is 9.76. The van der Waals surface area contributed by atoms with E-state index in [0.29, 0.717) is 13.1 Å². The zero-order chi connectivity index (χ0) is 12.8. The van der Waals surface area contributed by atoms with Crippen molar-refractivity contribution >= 4 is 5.91 Å². The number of amides is 1. The Morgan fingerprint density at radius 1 is 1.29 bits per heavy atom. The van der Waals surface area contributed by atoms with Crippen LogP contribution in [0, 0.1) is 26.2 Å². The number of hydrogen-bond acceptors (Lipinski definition) is 1. The Morgan fingerprint density at radius 3 is 2.35 bits per heavy atom. The monoisotopic (exact) mass is 229 g/mol. The molecule has 0 saturated carbocycles. The lowest BCUT2D eigenvalue weighted by molar-refractivity contribution is 0.0776. The molecular formula is C15H19NO. The molecule has 1 aromatic rings. The maximum absolute atomic E-state index is 12.3. The van der Waals surface area contributed by atoms with Crippen LogP contribution in [-0.4, -0.2) is 23.9 Å². The number of terminal acetylenes is 1. The highest BCUT2D eigenvalue weighted by atomic mass is 16.2. The summed E-state index contributed by atoms with van der Waals surface area (Å²) in [6, 6.07) is 5.88. The molecule has 0 fully saturated rings. The second-order valence-electron chi connectivity index (χ2n) is 4.31. The molecule has 0 bridgehead atoms. The van der Waals surface area contributed by atoms with E-state index in [4.69, 9.17) is 6.42 Å². The zero-order valence-electron chi connectivity index (χ0n) is 10.8. The molecule has 0 aliphatic heterocycles. The van der Waals surface area contributed by atoms with Crippen LogP contribution in [0.2, 0.25) is 0 Å². The fourth-order valence-electron chi connectivity index (χ4n) is 1.91. The van der Waals surface area contributed by atoms with Crippen molar-refractivity contribution in [1.82, 2.24) is 4.90 Å². The second-order valence-corrected chi connectivity index (χ2v) is 4.31. The molecule has 0 unspecified atom stereocenters. The number of carbonyl (C=O) groups is 1. The quantitative estimate of drug-likeness (QED) is 0.727. The van der Waals surface area contributed by atoms with E-state index >= 15 is 0 Å². The third kappa shape index (κ3) is 3.64. The number of benzene rings is 1. The molecule has 90 valence electrons. The summed E-state index contributed by atoms with van der Waals surface area (Å²) < 4.78 is 0. The lowest BCUT2D eigenvalue weighted by atomic mass is 10.1. The van der Waals surface area contributed by atoms with Crippen LogP contribution in [0.1, 0.15) is 34.8 Å². The van der Waals surface area contributed by atoms with Gasteiger partial charge in [0, 0.05) is 12.1 Å². The van der Waals surface area contributed by atoms with Crippen molar-refractivity contribution in [2.45, 2.75) is 27.2 Å². The van der Waals surface area contributed by atoms with Gasteiger partial charge in [-0.15, -0.1) is 6.42 Å². The molecule has 0 saturated heterocycles. The summed E-state index contributed by atoms with van der Waals surface area (Å²) in [5.41, 5.74) is 2.93. The van der Waals surface area contributed by atoms with Gasteiger partial charge in [0.25, 0.3) is 5.91 Å². The molecule has 0 spiro atoms. The summed E-state index contributed by atoms with van der Waals surface area (Å²) in [7, 11) is 0. The smallest absolute Gasteiger partial charge is 0.254 e. The maximum atomic E-state index is 12.3. The molecule has 1 amide bonds. The van der Waals surface area contributed by atoms with Gasteiger partial charge in [-0.2, -0.15) is 0 Å². The molecule has 0 atom stereocenters. The van der Waals surface area contributed by atoms with Gasteiger partial charge in [-0.3, -0.25) is 4.79 Å². The third-order valence-electron chi connectivity index (χ3n) is 2.53. The van der Waals surface area contributed by atoms with Crippen molar-refractivity contribution in [3.8, 4) is 12.3 Å². The Kier molecular flexibility index (Phi) is 4.78. The zero-order valence-corrected chi connectivity index (χ0v) is 10.8. The van der Waals surface area contributed by atoms with E-state index in [9.17, 15) is 4.79 Å². The van der Waals surface area contributed by atoms with Gasteiger partial charge in [0.15, 0.2) is 0 Å². The predicted molar refractivity (Wildman–Crippen MR) is 70.9 cm³/mol. The van der Waals surface area contributed by atoms with Crippen LogP contribution in [0.4, 0.5) is 0 Å². The summed E-state index contributed by atoms with van der Waals surface area (Å²) in [4.78, 5) is 14.0. The van der Waals surface area contributed by atoms with Crippen molar-refractivity contribution in [3.63, 3.8) is 0 Å². The molecular weight excluding hydrogens is 210 g/mol. The van der Waals surface area contributed by atoms with Crippen LogP contribution in [0.5, 0.6) is 0 Å².